The van der Waals surface area contributed by atoms with Crippen LogP contribution in [0.4, 0.5) is 0 Å². The predicted octanol–water partition coefficient (Wildman–Crippen LogP) is 1.85. The molecule has 1 saturated carbocycles. The Morgan fingerprint density at radius 2 is 1.91 bits per heavy atom. The minimum atomic E-state index is -3.51. The van der Waals surface area contributed by atoms with Crippen molar-refractivity contribution >= 4 is 15.9 Å². The number of amides is 1. The van der Waals surface area contributed by atoms with E-state index in [0.29, 0.717) is 17.5 Å². The fourth-order valence-electron chi connectivity index (χ4n) is 3.24. The van der Waals surface area contributed by atoms with Crippen LogP contribution in [0.15, 0.2) is 23.1 Å². The van der Waals surface area contributed by atoms with Gasteiger partial charge in [0.1, 0.15) is 0 Å². The van der Waals surface area contributed by atoms with Gasteiger partial charge in [-0.2, -0.15) is 0 Å². The normalized spacial score (nSPS) is 17.6. The monoisotopic (exact) mass is 336 g/mol. The molecule has 0 spiro atoms. The Morgan fingerprint density at radius 3 is 2.57 bits per heavy atom. The van der Waals surface area contributed by atoms with Crippen LogP contribution in [0.5, 0.6) is 0 Å². The molecule has 3 rings (SSSR count). The van der Waals surface area contributed by atoms with Crippen LogP contribution in [0.25, 0.3) is 0 Å². The highest BCUT2D eigenvalue weighted by molar-refractivity contribution is 7.89. The van der Waals surface area contributed by atoms with E-state index in [-0.39, 0.29) is 12.5 Å². The number of rotatable bonds is 6. The number of fused-ring (bicyclic) bond motifs is 1. The van der Waals surface area contributed by atoms with Crippen molar-refractivity contribution in [3.05, 3.63) is 29.3 Å². The zero-order chi connectivity index (χ0) is 16.4. The predicted molar refractivity (Wildman–Crippen MR) is 88.7 cm³/mol. The van der Waals surface area contributed by atoms with E-state index < -0.39 is 10.0 Å². The highest BCUT2D eigenvalue weighted by Crippen LogP contribution is 2.26. The fraction of sp³-hybridized carbons (Fsp3) is 0.588. The standard InChI is InChI=1S/C17H24N2O3S/c1-13(20)19(16-7-8-16)11-10-18-23(21,22)17-9-6-14-4-2-3-5-15(14)12-17/h6,9,12,16,18H,2-5,7-8,10-11H2,1H3. The van der Waals surface area contributed by atoms with Crippen molar-refractivity contribution < 1.29 is 13.2 Å². The van der Waals surface area contributed by atoms with Gasteiger partial charge in [-0.1, -0.05) is 6.07 Å². The lowest BCUT2D eigenvalue weighted by Crippen LogP contribution is -2.38. The van der Waals surface area contributed by atoms with E-state index in [2.05, 4.69) is 4.72 Å². The minimum absolute atomic E-state index is 0.0143. The van der Waals surface area contributed by atoms with Gasteiger partial charge < -0.3 is 4.90 Å². The first-order valence-electron chi connectivity index (χ1n) is 8.36. The molecule has 0 aliphatic heterocycles. The Kier molecular flexibility index (Phi) is 4.73. The number of nitrogens with one attached hydrogen (secondary N) is 1. The van der Waals surface area contributed by atoms with Gasteiger partial charge in [-0.25, -0.2) is 13.1 Å². The van der Waals surface area contributed by atoms with Crippen molar-refractivity contribution in [3.63, 3.8) is 0 Å². The molecule has 2 aliphatic rings. The van der Waals surface area contributed by atoms with Crippen LogP contribution in [-0.4, -0.2) is 38.4 Å². The summed E-state index contributed by atoms with van der Waals surface area (Å²) >= 11 is 0. The Labute approximate surface area is 138 Å². The van der Waals surface area contributed by atoms with Crippen molar-refractivity contribution in [1.29, 1.82) is 0 Å². The maximum Gasteiger partial charge on any atom is 0.240 e. The van der Waals surface area contributed by atoms with Crippen molar-refractivity contribution in [2.75, 3.05) is 13.1 Å². The lowest BCUT2D eigenvalue weighted by molar-refractivity contribution is -0.129. The Morgan fingerprint density at radius 1 is 1.22 bits per heavy atom. The molecule has 1 amide bonds. The highest BCUT2D eigenvalue weighted by atomic mass is 32.2. The summed E-state index contributed by atoms with van der Waals surface area (Å²) in [6, 6.07) is 5.74. The molecular formula is C17H24N2O3S. The summed E-state index contributed by atoms with van der Waals surface area (Å²) in [5.41, 5.74) is 2.43. The first kappa shape index (κ1) is 16.5. The number of aryl methyl sites for hydroxylation is 2. The van der Waals surface area contributed by atoms with E-state index >= 15 is 0 Å². The molecule has 0 heterocycles. The first-order chi connectivity index (χ1) is 11.0. The SMILES string of the molecule is CC(=O)N(CCNS(=O)(=O)c1ccc2c(c1)CCCC2)C1CC1. The van der Waals surface area contributed by atoms with Gasteiger partial charge in [-0.05, 0) is 61.8 Å². The van der Waals surface area contributed by atoms with Crippen molar-refractivity contribution in [1.82, 2.24) is 9.62 Å². The molecule has 0 bridgehead atoms. The average Bonchev–Trinajstić information content (AvgIpc) is 3.35. The lowest BCUT2D eigenvalue weighted by atomic mass is 9.92. The van der Waals surface area contributed by atoms with Gasteiger partial charge in [0.15, 0.2) is 0 Å². The smallest absolute Gasteiger partial charge is 0.240 e. The molecule has 0 saturated heterocycles. The fourth-order valence-corrected chi connectivity index (χ4v) is 4.32. The van der Waals surface area contributed by atoms with Gasteiger partial charge in [0.05, 0.1) is 4.90 Å². The summed E-state index contributed by atoms with van der Waals surface area (Å²) < 4.78 is 27.5. The van der Waals surface area contributed by atoms with Crippen LogP contribution < -0.4 is 4.72 Å². The van der Waals surface area contributed by atoms with E-state index in [4.69, 9.17) is 0 Å². The Balaban J connectivity index is 1.63. The molecule has 23 heavy (non-hydrogen) atoms. The maximum atomic E-state index is 12.4. The summed E-state index contributed by atoms with van der Waals surface area (Å²) in [5, 5.41) is 0. The summed E-state index contributed by atoms with van der Waals surface area (Å²) in [5.74, 6) is 0.0143. The van der Waals surface area contributed by atoms with Gasteiger partial charge in [-0.15, -0.1) is 0 Å². The zero-order valence-electron chi connectivity index (χ0n) is 13.5. The van der Waals surface area contributed by atoms with Gasteiger partial charge in [0.25, 0.3) is 0 Å². The maximum absolute atomic E-state index is 12.4. The zero-order valence-corrected chi connectivity index (χ0v) is 14.4. The second kappa shape index (κ2) is 6.61. The molecule has 5 nitrogen and oxygen atoms in total. The number of carbonyl (C=O) groups is 1. The molecule has 6 heteroatoms. The summed E-state index contributed by atoms with van der Waals surface area (Å²) in [7, 11) is -3.51. The largest absolute Gasteiger partial charge is 0.339 e. The van der Waals surface area contributed by atoms with Crippen LogP contribution in [0.1, 0.15) is 43.7 Å². The summed E-state index contributed by atoms with van der Waals surface area (Å²) in [6.07, 6.45) is 6.35. The number of benzene rings is 1. The molecule has 126 valence electrons. The van der Waals surface area contributed by atoms with Gasteiger partial charge in [0, 0.05) is 26.1 Å². The van der Waals surface area contributed by atoms with E-state index in [1.54, 1.807) is 17.0 Å². The number of hydrogen-bond acceptors (Lipinski definition) is 3. The Hall–Kier alpha value is -1.40. The second-order valence-corrected chi connectivity index (χ2v) is 8.25. The summed E-state index contributed by atoms with van der Waals surface area (Å²) in [4.78, 5) is 13.7. The Bertz CT molecular complexity index is 696. The molecule has 0 unspecified atom stereocenters. The lowest BCUT2D eigenvalue weighted by Gasteiger charge is -2.21. The number of carbonyl (C=O) groups excluding carboxylic acids is 1. The van der Waals surface area contributed by atoms with Gasteiger partial charge in [-0.3, -0.25) is 4.79 Å². The van der Waals surface area contributed by atoms with Gasteiger partial charge >= 0.3 is 0 Å². The van der Waals surface area contributed by atoms with Crippen LogP contribution in [0.3, 0.4) is 0 Å². The second-order valence-electron chi connectivity index (χ2n) is 6.48. The quantitative estimate of drug-likeness (QED) is 0.862. The highest BCUT2D eigenvalue weighted by Gasteiger charge is 2.30. The third kappa shape index (κ3) is 3.93. The first-order valence-corrected chi connectivity index (χ1v) is 9.84. The third-order valence-electron chi connectivity index (χ3n) is 4.67. The molecule has 1 aromatic carbocycles. The van der Waals surface area contributed by atoms with Crippen LogP contribution in [-0.2, 0) is 27.7 Å². The van der Waals surface area contributed by atoms with Gasteiger partial charge in [0.2, 0.25) is 15.9 Å². The van der Waals surface area contributed by atoms with Crippen LogP contribution >= 0.6 is 0 Å². The topological polar surface area (TPSA) is 66.5 Å². The molecule has 0 atom stereocenters. The molecule has 1 aromatic rings. The number of nitrogens with zero attached hydrogens (tertiary/aromatic N) is 1. The van der Waals surface area contributed by atoms with Crippen LogP contribution in [0.2, 0.25) is 0 Å². The average molecular weight is 336 g/mol. The van der Waals surface area contributed by atoms with Crippen molar-refractivity contribution in [2.24, 2.45) is 0 Å². The minimum Gasteiger partial charge on any atom is -0.339 e. The molecule has 2 aliphatic carbocycles. The molecule has 1 fully saturated rings. The number of sulfonamides is 1. The van der Waals surface area contributed by atoms with Crippen molar-refractivity contribution in [2.45, 2.75) is 56.4 Å². The number of hydrogen-bond donors (Lipinski definition) is 1. The van der Waals surface area contributed by atoms with E-state index in [1.807, 2.05) is 6.07 Å². The van der Waals surface area contributed by atoms with Crippen LogP contribution in [0, 0.1) is 0 Å². The van der Waals surface area contributed by atoms with E-state index in [9.17, 15) is 13.2 Å². The molecule has 0 radical (unpaired) electrons. The van der Waals surface area contributed by atoms with E-state index in [1.165, 1.54) is 18.9 Å². The molecular weight excluding hydrogens is 312 g/mol. The summed E-state index contributed by atoms with van der Waals surface area (Å²) in [6.45, 7) is 2.23. The van der Waals surface area contributed by atoms with E-state index in [0.717, 1.165) is 37.7 Å². The third-order valence-corrected chi connectivity index (χ3v) is 6.13. The molecule has 0 aromatic heterocycles. The van der Waals surface area contributed by atoms with Crippen molar-refractivity contribution in [3.8, 4) is 0 Å². The molecule has 1 N–H and O–H groups in total.